The summed E-state index contributed by atoms with van der Waals surface area (Å²) < 4.78 is 1.25. The van der Waals surface area contributed by atoms with E-state index in [1.165, 1.54) is 23.9 Å². The number of halogens is 1. The van der Waals surface area contributed by atoms with Gasteiger partial charge in [0.1, 0.15) is 5.02 Å². The summed E-state index contributed by atoms with van der Waals surface area (Å²) in [4.78, 5) is 11.7. The van der Waals surface area contributed by atoms with Gasteiger partial charge >= 0.3 is 0 Å². The Morgan fingerprint density at radius 3 is 3.05 bits per heavy atom. The van der Waals surface area contributed by atoms with Crippen LogP contribution in [0.3, 0.4) is 0 Å². The quantitative estimate of drug-likeness (QED) is 0.863. The highest BCUT2D eigenvalue weighted by atomic mass is 35.5. The molecule has 104 valence electrons. The van der Waals surface area contributed by atoms with E-state index in [4.69, 9.17) is 11.6 Å². The first-order valence-electron chi connectivity index (χ1n) is 6.83. The third-order valence-corrected chi connectivity index (χ3v) is 4.74. The van der Waals surface area contributed by atoms with Gasteiger partial charge in [-0.05, 0) is 38.6 Å². The van der Waals surface area contributed by atoms with Crippen molar-refractivity contribution in [1.29, 1.82) is 0 Å². The summed E-state index contributed by atoms with van der Waals surface area (Å²) in [6.45, 7) is 1.02. The van der Waals surface area contributed by atoms with Crippen LogP contribution in [0.5, 0.6) is 0 Å². The second kappa shape index (κ2) is 4.80. The van der Waals surface area contributed by atoms with E-state index in [-0.39, 0.29) is 10.6 Å². The molecule has 0 aromatic carbocycles. The van der Waals surface area contributed by atoms with Gasteiger partial charge in [-0.15, -0.1) is 0 Å². The van der Waals surface area contributed by atoms with Crippen LogP contribution in [0.1, 0.15) is 32.1 Å². The van der Waals surface area contributed by atoms with Gasteiger partial charge < -0.3 is 10.6 Å². The molecule has 1 atom stereocenters. The van der Waals surface area contributed by atoms with Crippen molar-refractivity contribution < 1.29 is 0 Å². The molecule has 1 spiro atoms. The zero-order chi connectivity index (χ0) is 13.5. The summed E-state index contributed by atoms with van der Waals surface area (Å²) in [5, 5.41) is 11.3. The largest absolute Gasteiger partial charge is 0.380 e. The third-order valence-electron chi connectivity index (χ3n) is 4.38. The second-order valence-corrected chi connectivity index (χ2v) is 6.07. The average Bonchev–Trinajstić information content (AvgIpc) is 2.38. The van der Waals surface area contributed by atoms with Gasteiger partial charge in [-0.2, -0.15) is 5.10 Å². The van der Waals surface area contributed by atoms with Crippen LogP contribution in [0.2, 0.25) is 5.02 Å². The van der Waals surface area contributed by atoms with E-state index in [9.17, 15) is 4.79 Å². The predicted molar refractivity (Wildman–Crippen MR) is 75.7 cm³/mol. The van der Waals surface area contributed by atoms with Gasteiger partial charge in [0.2, 0.25) is 0 Å². The van der Waals surface area contributed by atoms with Gasteiger partial charge in [-0.25, -0.2) is 4.68 Å². The standard InChI is InChI=1S/C13H19ClN4O/c1-18-12(19)11(14)10(8-16-18)17-9-3-6-15-13(7-9)4-2-5-13/h8-9,15,17H,2-7H2,1H3. The minimum absolute atomic E-state index is 0.235. The molecule has 2 N–H and O–H groups in total. The van der Waals surface area contributed by atoms with Crippen molar-refractivity contribution in [3.8, 4) is 0 Å². The number of hydrogen-bond acceptors (Lipinski definition) is 4. The molecule has 5 nitrogen and oxygen atoms in total. The molecule has 3 rings (SSSR count). The van der Waals surface area contributed by atoms with Gasteiger partial charge in [0, 0.05) is 18.6 Å². The molecule has 0 radical (unpaired) electrons. The molecule has 0 bridgehead atoms. The molecule has 2 aliphatic rings. The highest BCUT2D eigenvalue weighted by Gasteiger charge is 2.40. The number of nitrogens with zero attached hydrogens (tertiary/aromatic N) is 2. The number of hydrogen-bond donors (Lipinski definition) is 2. The van der Waals surface area contributed by atoms with Crippen LogP contribution in [-0.4, -0.2) is 27.9 Å². The monoisotopic (exact) mass is 282 g/mol. The molecule has 2 heterocycles. The molecule has 1 aliphatic heterocycles. The highest BCUT2D eigenvalue weighted by molar-refractivity contribution is 6.32. The number of aryl methyl sites for hydroxylation is 1. The molecule has 1 saturated heterocycles. The van der Waals surface area contributed by atoms with E-state index in [0.29, 0.717) is 17.3 Å². The molecule has 1 saturated carbocycles. The molecule has 6 heteroatoms. The highest BCUT2D eigenvalue weighted by Crippen LogP contribution is 2.39. The molecule has 1 aromatic rings. The van der Waals surface area contributed by atoms with Crippen molar-refractivity contribution in [3.05, 3.63) is 21.6 Å². The Morgan fingerprint density at radius 1 is 1.58 bits per heavy atom. The number of piperidine rings is 1. The van der Waals surface area contributed by atoms with Crippen LogP contribution in [0, 0.1) is 0 Å². The number of aromatic nitrogens is 2. The Kier molecular flexibility index (Phi) is 3.27. The van der Waals surface area contributed by atoms with Gasteiger partial charge in [-0.3, -0.25) is 4.79 Å². The van der Waals surface area contributed by atoms with Crippen molar-refractivity contribution >= 4 is 17.3 Å². The number of nitrogens with one attached hydrogen (secondary N) is 2. The lowest BCUT2D eigenvalue weighted by molar-refractivity contribution is 0.135. The van der Waals surface area contributed by atoms with E-state index in [1.807, 2.05) is 0 Å². The number of anilines is 1. The Hall–Kier alpha value is -1.07. The van der Waals surface area contributed by atoms with E-state index >= 15 is 0 Å². The summed E-state index contributed by atoms with van der Waals surface area (Å²) in [5.74, 6) is 0. The Balaban J connectivity index is 1.74. The Labute approximate surface area is 117 Å². The van der Waals surface area contributed by atoms with Gasteiger partial charge in [0.05, 0.1) is 11.9 Å². The second-order valence-electron chi connectivity index (χ2n) is 5.70. The average molecular weight is 283 g/mol. The third kappa shape index (κ3) is 2.37. The fourth-order valence-corrected chi connectivity index (χ4v) is 3.32. The normalized spacial score (nSPS) is 25.1. The molecular weight excluding hydrogens is 264 g/mol. The minimum atomic E-state index is -0.251. The first-order valence-corrected chi connectivity index (χ1v) is 7.21. The molecule has 1 aliphatic carbocycles. The molecule has 0 amide bonds. The summed E-state index contributed by atoms with van der Waals surface area (Å²) in [5.41, 5.74) is 0.736. The van der Waals surface area contributed by atoms with Gasteiger partial charge in [-0.1, -0.05) is 11.6 Å². The smallest absolute Gasteiger partial charge is 0.287 e. The maximum absolute atomic E-state index is 11.7. The fourth-order valence-electron chi connectivity index (χ4n) is 3.10. The zero-order valence-electron chi connectivity index (χ0n) is 11.1. The van der Waals surface area contributed by atoms with Crippen LogP contribution >= 0.6 is 11.6 Å². The first kappa shape index (κ1) is 12.9. The zero-order valence-corrected chi connectivity index (χ0v) is 11.8. The predicted octanol–water partition coefficient (Wildman–Crippen LogP) is 1.52. The SMILES string of the molecule is Cn1ncc(NC2CCNC3(CCC3)C2)c(Cl)c1=O. The maximum Gasteiger partial charge on any atom is 0.287 e. The lowest BCUT2D eigenvalue weighted by atomic mass is 9.70. The van der Waals surface area contributed by atoms with E-state index in [0.717, 1.165) is 19.4 Å². The summed E-state index contributed by atoms with van der Waals surface area (Å²) >= 11 is 6.09. The fraction of sp³-hybridized carbons (Fsp3) is 0.692. The molecule has 1 aromatic heterocycles. The van der Waals surface area contributed by atoms with Crippen molar-refractivity contribution in [3.63, 3.8) is 0 Å². The van der Waals surface area contributed by atoms with E-state index in [1.54, 1.807) is 13.2 Å². The minimum Gasteiger partial charge on any atom is -0.380 e. The topological polar surface area (TPSA) is 59.0 Å². The van der Waals surface area contributed by atoms with Crippen molar-refractivity contribution in [2.75, 3.05) is 11.9 Å². The first-order chi connectivity index (χ1) is 9.10. The molecule has 19 heavy (non-hydrogen) atoms. The van der Waals surface area contributed by atoms with Gasteiger partial charge in [0.15, 0.2) is 0 Å². The van der Waals surface area contributed by atoms with Crippen LogP contribution in [0.4, 0.5) is 5.69 Å². The molecule has 1 unspecified atom stereocenters. The van der Waals surface area contributed by atoms with Crippen molar-refractivity contribution in [2.45, 2.75) is 43.7 Å². The van der Waals surface area contributed by atoms with Gasteiger partial charge in [0.25, 0.3) is 5.56 Å². The lowest BCUT2D eigenvalue weighted by Crippen LogP contribution is -2.58. The maximum atomic E-state index is 11.7. The van der Waals surface area contributed by atoms with E-state index in [2.05, 4.69) is 15.7 Å². The van der Waals surface area contributed by atoms with Crippen LogP contribution in [-0.2, 0) is 7.05 Å². The van der Waals surface area contributed by atoms with Crippen molar-refractivity contribution in [2.24, 2.45) is 7.05 Å². The lowest BCUT2D eigenvalue weighted by Gasteiger charge is -2.48. The Morgan fingerprint density at radius 2 is 2.37 bits per heavy atom. The van der Waals surface area contributed by atoms with Crippen molar-refractivity contribution in [1.82, 2.24) is 15.1 Å². The Bertz CT molecular complexity index is 538. The number of rotatable bonds is 2. The van der Waals surface area contributed by atoms with Crippen LogP contribution < -0.4 is 16.2 Å². The van der Waals surface area contributed by atoms with Crippen LogP contribution in [0.25, 0.3) is 0 Å². The summed E-state index contributed by atoms with van der Waals surface area (Å²) in [7, 11) is 1.60. The van der Waals surface area contributed by atoms with Crippen LogP contribution in [0.15, 0.2) is 11.0 Å². The summed E-state index contributed by atoms with van der Waals surface area (Å²) in [6.07, 6.45) is 7.61. The summed E-state index contributed by atoms with van der Waals surface area (Å²) in [6, 6.07) is 0.368. The van der Waals surface area contributed by atoms with E-state index < -0.39 is 0 Å². The molecule has 2 fully saturated rings. The molecular formula is C13H19ClN4O.